The van der Waals surface area contributed by atoms with Gasteiger partial charge in [0, 0.05) is 25.8 Å². The van der Waals surface area contributed by atoms with Gasteiger partial charge in [-0.1, -0.05) is 0 Å². The second kappa shape index (κ2) is 3.80. The van der Waals surface area contributed by atoms with Gasteiger partial charge in [0.25, 0.3) is 0 Å². The van der Waals surface area contributed by atoms with Crippen LogP contribution in [0, 0.1) is 17.2 Å². The number of hydrogen-bond donors (Lipinski definition) is 1. The van der Waals surface area contributed by atoms with Crippen LogP contribution in [0.15, 0.2) is 18.3 Å². The van der Waals surface area contributed by atoms with Gasteiger partial charge in [-0.2, -0.15) is 5.26 Å². The number of β-amino-alcohol motifs (C(OH)–C–C–N with tert-alkyl or cyclic N) is 1. The molecule has 3 rings (SSSR count). The van der Waals surface area contributed by atoms with Gasteiger partial charge in [0.05, 0.1) is 5.60 Å². The summed E-state index contributed by atoms with van der Waals surface area (Å²) in [5.41, 5.74) is 1.13. The number of aromatic nitrogens is 1. The number of likely N-dealkylation sites (tertiary alicyclic amines) is 1. The van der Waals surface area contributed by atoms with Crippen LogP contribution in [0.3, 0.4) is 0 Å². The molecule has 17 heavy (non-hydrogen) atoms. The molecule has 0 atom stereocenters. The molecule has 2 fully saturated rings. The first-order valence-electron chi connectivity index (χ1n) is 5.99. The van der Waals surface area contributed by atoms with Crippen molar-refractivity contribution in [2.24, 2.45) is 5.92 Å². The van der Waals surface area contributed by atoms with Crippen molar-refractivity contribution in [2.45, 2.75) is 25.0 Å². The second-order valence-electron chi connectivity index (χ2n) is 5.18. The van der Waals surface area contributed by atoms with E-state index in [1.165, 1.54) is 12.8 Å². The zero-order valence-corrected chi connectivity index (χ0v) is 9.63. The summed E-state index contributed by atoms with van der Waals surface area (Å²) in [6.45, 7) is 2.33. The first-order chi connectivity index (χ1) is 8.19. The Kier molecular flexibility index (Phi) is 2.39. The lowest BCUT2D eigenvalue weighted by atomic mass is 9.88. The standard InChI is InChI=1S/C13H15N3O/c14-6-12-5-10(3-4-15-12)7-16-8-13(17,9-16)11-1-2-11/h3-5,11,17H,1-2,7-9H2. The lowest BCUT2D eigenvalue weighted by Crippen LogP contribution is -2.62. The van der Waals surface area contributed by atoms with Crippen molar-refractivity contribution in [1.82, 2.24) is 9.88 Å². The molecule has 2 aliphatic rings. The zero-order chi connectivity index (χ0) is 11.9. The van der Waals surface area contributed by atoms with Crippen LogP contribution in [-0.4, -0.2) is 33.7 Å². The van der Waals surface area contributed by atoms with Crippen molar-refractivity contribution in [3.05, 3.63) is 29.6 Å². The molecular formula is C13H15N3O. The van der Waals surface area contributed by atoms with Crippen molar-refractivity contribution in [1.29, 1.82) is 5.26 Å². The summed E-state index contributed by atoms with van der Waals surface area (Å²) < 4.78 is 0. The average Bonchev–Trinajstić information content (AvgIpc) is 3.11. The summed E-state index contributed by atoms with van der Waals surface area (Å²) in [6.07, 6.45) is 4.02. The Bertz CT molecular complexity index is 470. The molecule has 0 radical (unpaired) electrons. The quantitative estimate of drug-likeness (QED) is 0.837. The maximum atomic E-state index is 10.2. The van der Waals surface area contributed by atoms with Crippen LogP contribution in [0.1, 0.15) is 24.1 Å². The topological polar surface area (TPSA) is 60.2 Å². The van der Waals surface area contributed by atoms with Crippen LogP contribution in [0.25, 0.3) is 0 Å². The minimum atomic E-state index is -0.426. The minimum absolute atomic E-state index is 0.426. The molecular weight excluding hydrogens is 214 g/mol. The van der Waals surface area contributed by atoms with Crippen LogP contribution in [0.4, 0.5) is 0 Å². The van der Waals surface area contributed by atoms with Gasteiger partial charge in [-0.05, 0) is 36.5 Å². The lowest BCUT2D eigenvalue weighted by molar-refractivity contribution is -0.116. The molecule has 88 valence electrons. The molecule has 2 heterocycles. The molecule has 0 bridgehead atoms. The van der Waals surface area contributed by atoms with E-state index in [2.05, 4.69) is 9.88 Å². The predicted octanol–water partition coefficient (Wildman–Crippen LogP) is 0.910. The molecule has 1 aromatic rings. The van der Waals surface area contributed by atoms with E-state index in [4.69, 9.17) is 5.26 Å². The predicted molar refractivity (Wildman–Crippen MR) is 61.9 cm³/mol. The number of pyridine rings is 1. The van der Waals surface area contributed by atoms with E-state index in [9.17, 15) is 5.11 Å². The Labute approximate surface area is 101 Å². The number of hydrogen-bond acceptors (Lipinski definition) is 4. The zero-order valence-electron chi connectivity index (χ0n) is 9.63. The molecule has 0 aromatic carbocycles. The van der Waals surface area contributed by atoms with E-state index in [0.717, 1.165) is 25.2 Å². The van der Waals surface area contributed by atoms with Gasteiger partial charge in [0.2, 0.25) is 0 Å². The third kappa shape index (κ3) is 2.04. The van der Waals surface area contributed by atoms with Gasteiger partial charge in [0.15, 0.2) is 0 Å². The first-order valence-corrected chi connectivity index (χ1v) is 5.99. The van der Waals surface area contributed by atoms with Crippen molar-refractivity contribution in [2.75, 3.05) is 13.1 Å². The highest BCUT2D eigenvalue weighted by atomic mass is 16.3. The summed E-state index contributed by atoms with van der Waals surface area (Å²) in [4.78, 5) is 6.16. The van der Waals surface area contributed by atoms with Crippen molar-refractivity contribution >= 4 is 0 Å². The lowest BCUT2D eigenvalue weighted by Gasteiger charge is -2.47. The van der Waals surface area contributed by atoms with E-state index in [-0.39, 0.29) is 0 Å². The van der Waals surface area contributed by atoms with Gasteiger partial charge in [-0.25, -0.2) is 4.98 Å². The van der Waals surface area contributed by atoms with Gasteiger partial charge in [-0.15, -0.1) is 0 Å². The Hall–Kier alpha value is -1.44. The normalized spacial score (nSPS) is 22.8. The van der Waals surface area contributed by atoms with Crippen molar-refractivity contribution in [3.8, 4) is 6.07 Å². The molecule has 4 nitrogen and oxygen atoms in total. The fraction of sp³-hybridized carbons (Fsp3) is 0.538. The van der Waals surface area contributed by atoms with Crippen LogP contribution < -0.4 is 0 Å². The average molecular weight is 229 g/mol. The number of nitriles is 1. The van der Waals surface area contributed by atoms with E-state index in [1.54, 1.807) is 6.20 Å². The van der Waals surface area contributed by atoms with Crippen LogP contribution in [-0.2, 0) is 6.54 Å². The molecule has 1 aliphatic carbocycles. The first kappa shape index (κ1) is 10.7. The number of rotatable bonds is 3. The summed E-state index contributed by atoms with van der Waals surface area (Å²) in [5.74, 6) is 0.533. The van der Waals surface area contributed by atoms with Gasteiger partial charge >= 0.3 is 0 Å². The van der Waals surface area contributed by atoms with E-state index in [0.29, 0.717) is 11.6 Å². The molecule has 0 spiro atoms. The highest BCUT2D eigenvalue weighted by molar-refractivity contribution is 5.25. The molecule has 1 saturated carbocycles. The number of aliphatic hydroxyl groups is 1. The molecule has 1 aliphatic heterocycles. The highest BCUT2D eigenvalue weighted by Crippen LogP contribution is 2.44. The smallest absolute Gasteiger partial charge is 0.140 e. The Morgan fingerprint density at radius 2 is 2.29 bits per heavy atom. The Morgan fingerprint density at radius 3 is 2.94 bits per heavy atom. The molecule has 1 saturated heterocycles. The highest BCUT2D eigenvalue weighted by Gasteiger charge is 2.51. The van der Waals surface area contributed by atoms with Crippen molar-refractivity contribution < 1.29 is 5.11 Å². The summed E-state index contributed by atoms with van der Waals surface area (Å²) in [6, 6.07) is 5.78. The minimum Gasteiger partial charge on any atom is -0.387 e. The fourth-order valence-electron chi connectivity index (χ4n) is 2.61. The van der Waals surface area contributed by atoms with Crippen LogP contribution in [0.2, 0.25) is 0 Å². The van der Waals surface area contributed by atoms with Gasteiger partial charge < -0.3 is 5.11 Å². The summed E-state index contributed by atoms with van der Waals surface area (Å²) in [7, 11) is 0. The van der Waals surface area contributed by atoms with E-state index >= 15 is 0 Å². The third-order valence-electron chi connectivity index (χ3n) is 3.68. The molecule has 1 aromatic heterocycles. The molecule has 0 unspecified atom stereocenters. The summed E-state index contributed by atoms with van der Waals surface area (Å²) >= 11 is 0. The van der Waals surface area contributed by atoms with Gasteiger partial charge in [0.1, 0.15) is 11.8 Å². The van der Waals surface area contributed by atoms with Crippen LogP contribution >= 0.6 is 0 Å². The summed E-state index contributed by atoms with van der Waals surface area (Å²) in [5, 5.41) is 19.0. The largest absolute Gasteiger partial charge is 0.387 e. The maximum Gasteiger partial charge on any atom is 0.140 e. The van der Waals surface area contributed by atoms with E-state index in [1.807, 2.05) is 18.2 Å². The SMILES string of the molecule is N#Cc1cc(CN2CC(O)(C3CC3)C2)ccn1. The van der Waals surface area contributed by atoms with Gasteiger partial charge in [-0.3, -0.25) is 4.90 Å². The van der Waals surface area contributed by atoms with Crippen molar-refractivity contribution in [3.63, 3.8) is 0 Å². The third-order valence-corrected chi connectivity index (χ3v) is 3.68. The Balaban J connectivity index is 1.60. The monoisotopic (exact) mass is 229 g/mol. The molecule has 1 N–H and O–H groups in total. The molecule has 0 amide bonds. The van der Waals surface area contributed by atoms with E-state index < -0.39 is 5.60 Å². The fourth-order valence-corrected chi connectivity index (χ4v) is 2.61. The van der Waals surface area contributed by atoms with Crippen LogP contribution in [0.5, 0.6) is 0 Å². The molecule has 4 heteroatoms. The Morgan fingerprint density at radius 1 is 1.53 bits per heavy atom. The maximum absolute atomic E-state index is 10.2. The number of nitrogens with zero attached hydrogens (tertiary/aromatic N) is 3. The second-order valence-corrected chi connectivity index (χ2v) is 5.18.